The van der Waals surface area contributed by atoms with Crippen LogP contribution in [0.4, 0.5) is 0 Å². The quantitative estimate of drug-likeness (QED) is 0.361. The Bertz CT molecular complexity index is 1380. The summed E-state index contributed by atoms with van der Waals surface area (Å²) in [4.78, 5) is 0. The number of rotatable bonds is 0. The first-order valence-electron chi connectivity index (χ1n) is 10.6. The lowest BCUT2D eigenvalue weighted by Crippen LogP contribution is -2.68. The van der Waals surface area contributed by atoms with E-state index in [1.807, 2.05) is 0 Å². The molecule has 0 N–H and O–H groups in total. The molecular formula is C25H25BN2S. The zero-order chi connectivity index (χ0) is 20.3. The van der Waals surface area contributed by atoms with E-state index in [9.17, 15) is 0 Å². The van der Waals surface area contributed by atoms with Crippen LogP contribution in [0.25, 0.3) is 33.3 Å². The van der Waals surface area contributed by atoms with E-state index in [0.717, 1.165) is 5.52 Å². The van der Waals surface area contributed by atoms with Crippen LogP contribution in [-0.4, -0.2) is 10.7 Å². The van der Waals surface area contributed by atoms with Crippen LogP contribution in [0, 0.1) is 13.8 Å². The second kappa shape index (κ2) is 5.17. The average Bonchev–Trinajstić information content (AvgIpc) is 3.21. The molecule has 0 fully saturated rings. The van der Waals surface area contributed by atoms with Gasteiger partial charge in [-0.25, -0.2) is 0 Å². The molecule has 0 spiro atoms. The summed E-state index contributed by atoms with van der Waals surface area (Å²) in [6.07, 6.45) is -0.914. The molecule has 0 unspecified atom stereocenters. The van der Waals surface area contributed by atoms with Gasteiger partial charge < -0.3 is 3.87 Å². The predicted molar refractivity (Wildman–Crippen MR) is 125 cm³/mol. The molecule has 2 nitrogen and oxygen atoms in total. The van der Waals surface area contributed by atoms with Crippen molar-refractivity contribution in [1.82, 2.24) is 4.37 Å². The third kappa shape index (κ3) is 1.98. The Kier molecular flexibility index (Phi) is 3.10. The SMILES string of the molecule is Cc1ccc2c(c1)C(C)(C)c1cc3c(cc1-2)[B-](C)(C)[n+]1snc2c(C)ccc-3c21. The maximum atomic E-state index is 4.84. The van der Waals surface area contributed by atoms with Crippen LogP contribution < -0.4 is 9.33 Å². The number of hydrogen-bond donors (Lipinski definition) is 0. The van der Waals surface area contributed by atoms with Gasteiger partial charge in [-0.05, 0) is 47.7 Å². The molecule has 0 bridgehead atoms. The number of fused-ring (bicyclic) bond motifs is 5. The van der Waals surface area contributed by atoms with Gasteiger partial charge in [0.25, 0.3) is 0 Å². The minimum Gasteiger partial charge on any atom is -0.363 e. The minimum atomic E-state index is -0.914. The van der Waals surface area contributed by atoms with Gasteiger partial charge in [0, 0.05) is 20.9 Å². The van der Waals surface area contributed by atoms with Crippen LogP contribution in [-0.2, 0) is 5.41 Å². The van der Waals surface area contributed by atoms with Gasteiger partial charge >= 0.3 is 0 Å². The van der Waals surface area contributed by atoms with Crippen molar-refractivity contribution in [2.45, 2.75) is 46.8 Å². The van der Waals surface area contributed by atoms with Gasteiger partial charge in [-0.3, -0.25) is 0 Å². The molecule has 4 aromatic rings. The van der Waals surface area contributed by atoms with Crippen molar-refractivity contribution >= 4 is 34.5 Å². The number of hydrogen-bond acceptors (Lipinski definition) is 2. The van der Waals surface area contributed by atoms with Crippen molar-refractivity contribution in [1.29, 1.82) is 0 Å². The molecule has 3 aromatic carbocycles. The lowest BCUT2D eigenvalue weighted by Gasteiger charge is -2.36. The first kappa shape index (κ1) is 17.4. The summed E-state index contributed by atoms with van der Waals surface area (Å²) in [5.41, 5.74) is 15.0. The van der Waals surface area contributed by atoms with E-state index < -0.39 is 6.28 Å². The molecule has 2 aliphatic rings. The van der Waals surface area contributed by atoms with Crippen LogP contribution in [0.15, 0.2) is 42.5 Å². The van der Waals surface area contributed by atoms with Crippen LogP contribution in [0.3, 0.4) is 0 Å². The fraction of sp³-hybridized carbons (Fsp3) is 0.280. The van der Waals surface area contributed by atoms with Gasteiger partial charge in [-0.1, -0.05) is 55.8 Å². The highest BCUT2D eigenvalue weighted by molar-refractivity contribution is 7.01. The highest BCUT2D eigenvalue weighted by Crippen LogP contribution is 2.50. The van der Waals surface area contributed by atoms with Gasteiger partial charge in [0.05, 0.1) is 0 Å². The van der Waals surface area contributed by atoms with Crippen LogP contribution in [0.1, 0.15) is 36.1 Å². The lowest BCUT2D eigenvalue weighted by molar-refractivity contribution is -0.434. The van der Waals surface area contributed by atoms with Gasteiger partial charge in [0.1, 0.15) is 0 Å². The predicted octanol–water partition coefficient (Wildman–Crippen LogP) is 5.45. The maximum Gasteiger partial charge on any atom is 0.236 e. The summed E-state index contributed by atoms with van der Waals surface area (Å²) in [5, 5.41) is 0. The highest BCUT2D eigenvalue weighted by atomic mass is 32.1. The molecule has 1 aliphatic carbocycles. The van der Waals surface area contributed by atoms with E-state index in [0.29, 0.717) is 0 Å². The van der Waals surface area contributed by atoms with Crippen molar-refractivity contribution < 1.29 is 3.87 Å². The Balaban J connectivity index is 1.74. The summed E-state index contributed by atoms with van der Waals surface area (Å²) in [5.74, 6) is 0. The number of nitrogens with zero attached hydrogens (tertiary/aromatic N) is 2. The van der Waals surface area contributed by atoms with E-state index in [1.54, 1.807) is 11.7 Å². The monoisotopic (exact) mass is 396 g/mol. The van der Waals surface area contributed by atoms with E-state index in [2.05, 4.69) is 87.7 Å². The Morgan fingerprint density at radius 2 is 1.59 bits per heavy atom. The molecule has 1 aromatic heterocycles. The number of benzene rings is 3. The summed E-state index contributed by atoms with van der Waals surface area (Å²) in [6, 6.07) is 16.5. The summed E-state index contributed by atoms with van der Waals surface area (Å²) in [6.45, 7) is 13.9. The van der Waals surface area contributed by atoms with E-state index in [-0.39, 0.29) is 5.41 Å². The smallest absolute Gasteiger partial charge is 0.236 e. The molecule has 4 heteroatoms. The summed E-state index contributed by atoms with van der Waals surface area (Å²) in [7, 11) is 0. The maximum absolute atomic E-state index is 4.84. The lowest BCUT2D eigenvalue weighted by atomic mass is 9.33. The Morgan fingerprint density at radius 1 is 0.862 bits per heavy atom. The van der Waals surface area contributed by atoms with E-state index >= 15 is 0 Å². The molecule has 0 atom stereocenters. The normalized spacial score (nSPS) is 17.2. The van der Waals surface area contributed by atoms with Gasteiger partial charge in [0.15, 0.2) is 5.52 Å². The zero-order valence-corrected chi connectivity index (χ0v) is 18.7. The average molecular weight is 396 g/mol. The largest absolute Gasteiger partial charge is 0.363 e. The first-order valence-corrected chi connectivity index (χ1v) is 11.3. The van der Waals surface area contributed by atoms with Crippen LogP contribution in [0.2, 0.25) is 13.6 Å². The fourth-order valence-corrected chi connectivity index (χ4v) is 6.67. The van der Waals surface area contributed by atoms with Crippen molar-refractivity contribution in [3.05, 3.63) is 64.7 Å². The Morgan fingerprint density at radius 3 is 2.38 bits per heavy atom. The fourth-order valence-electron chi connectivity index (χ4n) is 5.66. The molecule has 2 heterocycles. The highest BCUT2D eigenvalue weighted by Gasteiger charge is 2.41. The molecule has 0 saturated carbocycles. The zero-order valence-electron chi connectivity index (χ0n) is 17.9. The molecule has 0 amide bonds. The molecule has 144 valence electrons. The molecule has 1 aliphatic heterocycles. The van der Waals surface area contributed by atoms with Crippen LogP contribution in [0.5, 0.6) is 0 Å². The van der Waals surface area contributed by atoms with Crippen molar-refractivity contribution in [2.75, 3.05) is 0 Å². The van der Waals surface area contributed by atoms with E-state index in [1.165, 1.54) is 55.5 Å². The molecule has 0 radical (unpaired) electrons. The van der Waals surface area contributed by atoms with Crippen molar-refractivity contribution in [2.24, 2.45) is 0 Å². The summed E-state index contributed by atoms with van der Waals surface area (Å²) >= 11 is 1.63. The van der Waals surface area contributed by atoms with Crippen molar-refractivity contribution in [3.8, 4) is 22.3 Å². The van der Waals surface area contributed by atoms with Gasteiger partial charge in [-0.2, -0.15) is 5.46 Å². The standard InChI is InChI=1S/C25H25BN2S/c1-14-7-9-16-18-13-22-19(12-21(18)25(3,4)20(16)11-14)17-10-8-15(2)23-24(17)28(29-27-23)26(22,5)6/h7-13H,1-6H3. The molecule has 6 rings (SSSR count). The number of aryl methyl sites for hydroxylation is 2. The number of aromatic nitrogens is 2. The minimum absolute atomic E-state index is 0.0208. The first-order chi connectivity index (χ1) is 13.7. The Labute approximate surface area is 176 Å². The van der Waals surface area contributed by atoms with Crippen LogP contribution >= 0.6 is 11.7 Å². The topological polar surface area (TPSA) is 16.8 Å². The molecule has 29 heavy (non-hydrogen) atoms. The summed E-state index contributed by atoms with van der Waals surface area (Å²) < 4.78 is 7.32. The molecule has 0 saturated heterocycles. The van der Waals surface area contributed by atoms with Crippen molar-refractivity contribution in [3.63, 3.8) is 0 Å². The van der Waals surface area contributed by atoms with Gasteiger partial charge in [0.2, 0.25) is 23.5 Å². The Hall–Kier alpha value is -2.46. The third-order valence-corrected chi connectivity index (χ3v) is 8.58. The van der Waals surface area contributed by atoms with E-state index in [4.69, 9.17) is 4.37 Å². The molecular weight excluding hydrogens is 371 g/mol. The third-order valence-electron chi connectivity index (χ3n) is 7.43. The second-order valence-corrected chi connectivity index (χ2v) is 10.8. The van der Waals surface area contributed by atoms with Gasteiger partial charge in [-0.15, -0.1) is 13.6 Å². The second-order valence-electron chi connectivity index (χ2n) is 10.1.